The van der Waals surface area contributed by atoms with Crippen LogP contribution < -0.4 is 10.9 Å². The number of thiazole rings is 1. The number of amides is 1. The molecule has 156 valence electrons. The summed E-state index contributed by atoms with van der Waals surface area (Å²) < 4.78 is 6.65. The van der Waals surface area contributed by atoms with Crippen molar-refractivity contribution >= 4 is 39.2 Å². The maximum absolute atomic E-state index is 12.5. The van der Waals surface area contributed by atoms with Crippen molar-refractivity contribution in [1.29, 1.82) is 0 Å². The van der Waals surface area contributed by atoms with Crippen LogP contribution in [0.3, 0.4) is 0 Å². The quantitative estimate of drug-likeness (QED) is 0.460. The smallest absolute Gasteiger partial charge is 0.350 e. The SMILES string of the molecule is C=CCOC(=O)c1sc(NC(=O)CCn2c(=O)cc(C)c3cccc(C)c32)nc1C. The number of para-hydroxylation sites is 1. The van der Waals surface area contributed by atoms with Gasteiger partial charge in [0.1, 0.15) is 11.5 Å². The Balaban J connectivity index is 1.74. The first kappa shape index (κ1) is 21.4. The Bertz CT molecular complexity index is 1190. The summed E-state index contributed by atoms with van der Waals surface area (Å²) in [7, 11) is 0. The fraction of sp³-hybridized carbons (Fsp3) is 0.273. The van der Waals surface area contributed by atoms with Gasteiger partial charge in [0.15, 0.2) is 5.13 Å². The predicted octanol–water partition coefficient (Wildman–Crippen LogP) is 3.75. The van der Waals surface area contributed by atoms with Gasteiger partial charge in [-0.3, -0.25) is 9.59 Å². The molecule has 0 saturated carbocycles. The van der Waals surface area contributed by atoms with E-state index < -0.39 is 5.97 Å². The van der Waals surface area contributed by atoms with E-state index in [9.17, 15) is 14.4 Å². The van der Waals surface area contributed by atoms with Gasteiger partial charge in [-0.05, 0) is 31.9 Å². The van der Waals surface area contributed by atoms with Gasteiger partial charge in [0.05, 0.1) is 11.2 Å². The molecule has 0 atom stereocenters. The highest BCUT2D eigenvalue weighted by molar-refractivity contribution is 7.17. The number of rotatable bonds is 7. The number of hydrogen-bond acceptors (Lipinski definition) is 6. The van der Waals surface area contributed by atoms with E-state index in [1.54, 1.807) is 17.6 Å². The van der Waals surface area contributed by atoms with E-state index in [2.05, 4.69) is 16.9 Å². The average molecular weight is 426 g/mol. The third kappa shape index (κ3) is 4.49. The molecule has 1 aromatic carbocycles. The van der Waals surface area contributed by atoms with Crippen LogP contribution in [0.2, 0.25) is 0 Å². The van der Waals surface area contributed by atoms with E-state index in [4.69, 9.17) is 4.74 Å². The fourth-order valence-corrected chi connectivity index (χ4v) is 4.12. The highest BCUT2D eigenvalue weighted by Crippen LogP contribution is 2.24. The Labute approximate surface area is 178 Å². The lowest BCUT2D eigenvalue weighted by Gasteiger charge is -2.14. The second-order valence-corrected chi connectivity index (χ2v) is 7.91. The summed E-state index contributed by atoms with van der Waals surface area (Å²) in [4.78, 5) is 41.6. The van der Waals surface area contributed by atoms with Gasteiger partial charge >= 0.3 is 5.97 Å². The normalized spacial score (nSPS) is 10.8. The summed E-state index contributed by atoms with van der Waals surface area (Å²) in [5.41, 5.74) is 3.08. The minimum Gasteiger partial charge on any atom is -0.457 e. The molecule has 2 aromatic heterocycles. The molecule has 3 rings (SSSR count). The van der Waals surface area contributed by atoms with E-state index in [0.717, 1.165) is 33.4 Å². The number of nitrogens with one attached hydrogen (secondary N) is 1. The van der Waals surface area contributed by atoms with Crippen LogP contribution in [0.5, 0.6) is 0 Å². The number of benzene rings is 1. The highest BCUT2D eigenvalue weighted by Gasteiger charge is 2.18. The van der Waals surface area contributed by atoms with Crippen LogP contribution in [0.4, 0.5) is 5.13 Å². The van der Waals surface area contributed by atoms with E-state index >= 15 is 0 Å². The largest absolute Gasteiger partial charge is 0.457 e. The van der Waals surface area contributed by atoms with Gasteiger partial charge in [0.2, 0.25) is 5.91 Å². The molecule has 0 spiro atoms. The van der Waals surface area contributed by atoms with Crippen molar-refractivity contribution < 1.29 is 14.3 Å². The van der Waals surface area contributed by atoms with Gasteiger partial charge in [0, 0.05) is 24.4 Å². The van der Waals surface area contributed by atoms with Crippen LogP contribution in [-0.2, 0) is 16.1 Å². The molecule has 0 unspecified atom stereocenters. The molecule has 0 aliphatic rings. The first-order chi connectivity index (χ1) is 14.3. The molecule has 7 nitrogen and oxygen atoms in total. The maximum Gasteiger partial charge on any atom is 0.350 e. The lowest BCUT2D eigenvalue weighted by atomic mass is 10.1. The van der Waals surface area contributed by atoms with Crippen LogP contribution in [0.25, 0.3) is 10.9 Å². The van der Waals surface area contributed by atoms with Crippen LogP contribution in [-0.4, -0.2) is 28.0 Å². The summed E-state index contributed by atoms with van der Waals surface area (Å²) >= 11 is 1.06. The van der Waals surface area contributed by atoms with Crippen molar-refractivity contribution in [3.63, 3.8) is 0 Å². The molecule has 0 radical (unpaired) electrons. The number of pyridine rings is 1. The molecule has 0 saturated heterocycles. The second kappa shape index (κ2) is 9.04. The Hall–Kier alpha value is -3.26. The molecule has 2 heterocycles. The average Bonchev–Trinajstić information content (AvgIpc) is 3.06. The summed E-state index contributed by atoms with van der Waals surface area (Å²) in [6.07, 6.45) is 1.58. The number of anilines is 1. The molecular formula is C22H23N3O4S. The number of carbonyl (C=O) groups is 2. The number of nitrogens with zero attached hydrogens (tertiary/aromatic N) is 2. The maximum atomic E-state index is 12.5. The van der Waals surface area contributed by atoms with Crippen molar-refractivity contribution in [3.8, 4) is 0 Å². The monoisotopic (exact) mass is 425 g/mol. The second-order valence-electron chi connectivity index (χ2n) is 6.91. The molecule has 3 aromatic rings. The van der Waals surface area contributed by atoms with Gasteiger partial charge < -0.3 is 14.6 Å². The van der Waals surface area contributed by atoms with Crippen molar-refractivity contribution in [2.24, 2.45) is 0 Å². The number of carbonyl (C=O) groups excluding carboxylic acids is 2. The Kier molecular flexibility index (Phi) is 6.47. The van der Waals surface area contributed by atoms with Gasteiger partial charge in [-0.2, -0.15) is 0 Å². The van der Waals surface area contributed by atoms with Gasteiger partial charge in [-0.15, -0.1) is 0 Å². The minimum atomic E-state index is -0.501. The zero-order valence-corrected chi connectivity index (χ0v) is 18.0. The molecule has 8 heteroatoms. The number of fused-ring (bicyclic) bond motifs is 1. The van der Waals surface area contributed by atoms with Crippen molar-refractivity contribution in [3.05, 3.63) is 69.0 Å². The van der Waals surface area contributed by atoms with Gasteiger partial charge in [-0.1, -0.05) is 42.2 Å². The lowest BCUT2D eigenvalue weighted by molar-refractivity contribution is -0.116. The molecule has 0 fully saturated rings. The van der Waals surface area contributed by atoms with Gasteiger partial charge in [0.25, 0.3) is 5.56 Å². The minimum absolute atomic E-state index is 0.0985. The zero-order chi connectivity index (χ0) is 21.8. The Morgan fingerprint density at radius 2 is 2.03 bits per heavy atom. The molecule has 30 heavy (non-hydrogen) atoms. The lowest BCUT2D eigenvalue weighted by Crippen LogP contribution is -2.24. The summed E-state index contributed by atoms with van der Waals surface area (Å²) in [6, 6.07) is 7.46. The van der Waals surface area contributed by atoms with E-state index in [1.807, 2.05) is 32.0 Å². The number of aryl methyl sites for hydroxylation is 4. The molecule has 0 aliphatic carbocycles. The molecule has 0 bridgehead atoms. The Morgan fingerprint density at radius 3 is 2.77 bits per heavy atom. The van der Waals surface area contributed by atoms with Crippen LogP contribution in [0.15, 0.2) is 41.7 Å². The molecule has 1 N–H and O–H groups in total. The summed E-state index contributed by atoms with van der Waals surface area (Å²) in [5.74, 6) is -0.789. The highest BCUT2D eigenvalue weighted by atomic mass is 32.1. The van der Waals surface area contributed by atoms with Crippen molar-refractivity contribution in [2.75, 3.05) is 11.9 Å². The first-order valence-electron chi connectivity index (χ1n) is 9.47. The summed E-state index contributed by atoms with van der Waals surface area (Å²) in [5, 5.41) is 4.02. The zero-order valence-electron chi connectivity index (χ0n) is 17.2. The van der Waals surface area contributed by atoms with Gasteiger partial charge in [-0.25, -0.2) is 9.78 Å². The van der Waals surface area contributed by atoms with Crippen molar-refractivity contribution in [2.45, 2.75) is 33.7 Å². The Morgan fingerprint density at radius 1 is 1.27 bits per heavy atom. The van der Waals surface area contributed by atoms with Crippen molar-refractivity contribution in [1.82, 2.24) is 9.55 Å². The van der Waals surface area contributed by atoms with E-state index in [0.29, 0.717) is 15.7 Å². The molecule has 0 aliphatic heterocycles. The predicted molar refractivity (Wildman–Crippen MR) is 118 cm³/mol. The summed E-state index contributed by atoms with van der Waals surface area (Å²) in [6.45, 7) is 9.38. The first-order valence-corrected chi connectivity index (χ1v) is 10.3. The fourth-order valence-electron chi connectivity index (χ4n) is 3.24. The standard InChI is InChI=1S/C22H23N3O4S/c1-5-11-29-21(28)20-15(4)23-22(30-20)24-17(26)9-10-25-18(27)12-14(3)16-8-6-7-13(2)19(16)25/h5-8,12H,1,9-11H2,2-4H3,(H,23,24,26). The van der Waals surface area contributed by atoms with Crippen LogP contribution in [0, 0.1) is 20.8 Å². The third-order valence-electron chi connectivity index (χ3n) is 4.66. The van der Waals surface area contributed by atoms with Crippen LogP contribution in [0.1, 0.15) is 32.9 Å². The third-order valence-corrected chi connectivity index (χ3v) is 5.71. The molecular weight excluding hydrogens is 402 g/mol. The van der Waals surface area contributed by atoms with E-state index in [-0.39, 0.29) is 31.0 Å². The molecule has 1 amide bonds. The number of esters is 1. The number of aromatic nitrogens is 2. The number of hydrogen-bond donors (Lipinski definition) is 1. The van der Waals surface area contributed by atoms with Crippen LogP contribution >= 0.6 is 11.3 Å². The number of ether oxygens (including phenoxy) is 1. The topological polar surface area (TPSA) is 90.3 Å². The van der Waals surface area contributed by atoms with E-state index in [1.165, 1.54) is 6.08 Å².